The highest BCUT2D eigenvalue weighted by molar-refractivity contribution is 6.42. The molecule has 0 spiro atoms. The van der Waals surface area contributed by atoms with Gasteiger partial charge in [0.15, 0.2) is 0 Å². The maximum atomic E-state index is 13.0. The van der Waals surface area contributed by atoms with E-state index in [1.165, 1.54) is 0 Å². The SMILES string of the molecule is COc1ccc(N(CCCNC(=O)C(C)(C)C)C(=O)Nc2ccc(Cl)c(Cl)c2)cc1. The summed E-state index contributed by atoms with van der Waals surface area (Å²) < 4.78 is 5.19. The number of rotatable bonds is 7. The van der Waals surface area contributed by atoms with E-state index in [2.05, 4.69) is 10.6 Å². The summed E-state index contributed by atoms with van der Waals surface area (Å²) in [6.07, 6.45) is 0.586. The number of halogens is 2. The summed E-state index contributed by atoms with van der Waals surface area (Å²) in [6.45, 7) is 6.44. The topological polar surface area (TPSA) is 70.7 Å². The number of methoxy groups -OCH3 is 1. The van der Waals surface area contributed by atoms with Crippen LogP contribution in [0.3, 0.4) is 0 Å². The Hall–Kier alpha value is -2.44. The van der Waals surface area contributed by atoms with Crippen LogP contribution in [-0.4, -0.2) is 32.1 Å². The smallest absolute Gasteiger partial charge is 0.326 e. The van der Waals surface area contributed by atoms with Crippen LogP contribution < -0.4 is 20.3 Å². The maximum absolute atomic E-state index is 13.0. The minimum absolute atomic E-state index is 0.0289. The fraction of sp³-hybridized carbons (Fsp3) is 0.364. The summed E-state index contributed by atoms with van der Waals surface area (Å²) in [4.78, 5) is 26.6. The van der Waals surface area contributed by atoms with E-state index >= 15 is 0 Å². The van der Waals surface area contributed by atoms with Crippen LogP contribution in [0.1, 0.15) is 27.2 Å². The van der Waals surface area contributed by atoms with Gasteiger partial charge in [0.25, 0.3) is 0 Å². The first kappa shape index (κ1) is 23.8. The highest BCUT2D eigenvalue weighted by Crippen LogP contribution is 2.26. The Morgan fingerprint density at radius 2 is 1.70 bits per heavy atom. The first-order valence-corrected chi connectivity index (χ1v) is 10.3. The maximum Gasteiger partial charge on any atom is 0.326 e. The standard InChI is InChI=1S/C22H27Cl2N3O3/c1-22(2,3)20(28)25-12-5-13-27(16-7-9-17(30-4)10-8-16)21(29)26-15-6-11-18(23)19(24)14-15/h6-11,14H,5,12-13H2,1-4H3,(H,25,28)(H,26,29). The van der Waals surface area contributed by atoms with E-state index in [4.69, 9.17) is 27.9 Å². The molecule has 30 heavy (non-hydrogen) atoms. The zero-order valence-corrected chi connectivity index (χ0v) is 19.1. The lowest BCUT2D eigenvalue weighted by Gasteiger charge is -2.24. The van der Waals surface area contributed by atoms with Gasteiger partial charge in [0.1, 0.15) is 5.75 Å². The molecule has 2 aromatic carbocycles. The molecule has 0 aliphatic carbocycles. The van der Waals surface area contributed by atoms with Gasteiger partial charge in [-0.05, 0) is 48.9 Å². The van der Waals surface area contributed by atoms with E-state index in [1.54, 1.807) is 54.5 Å². The molecule has 0 saturated heterocycles. The zero-order chi connectivity index (χ0) is 22.3. The number of nitrogens with zero attached hydrogens (tertiary/aromatic N) is 1. The quantitative estimate of drug-likeness (QED) is 0.538. The number of benzene rings is 2. The van der Waals surface area contributed by atoms with Crippen molar-refractivity contribution in [3.05, 3.63) is 52.5 Å². The van der Waals surface area contributed by atoms with Crippen LogP contribution >= 0.6 is 23.2 Å². The third kappa shape index (κ3) is 6.82. The van der Waals surface area contributed by atoms with Crippen molar-refractivity contribution < 1.29 is 14.3 Å². The van der Waals surface area contributed by atoms with Crippen molar-refractivity contribution in [2.45, 2.75) is 27.2 Å². The van der Waals surface area contributed by atoms with Gasteiger partial charge in [0, 0.05) is 29.9 Å². The van der Waals surface area contributed by atoms with Crippen molar-refractivity contribution in [2.24, 2.45) is 5.41 Å². The first-order valence-electron chi connectivity index (χ1n) is 9.57. The van der Waals surface area contributed by atoms with Crippen LogP contribution in [0.4, 0.5) is 16.2 Å². The second-order valence-corrected chi connectivity index (χ2v) is 8.58. The average Bonchev–Trinajstić information content (AvgIpc) is 2.70. The second-order valence-electron chi connectivity index (χ2n) is 7.77. The Bertz CT molecular complexity index is 880. The molecule has 0 unspecified atom stereocenters. The van der Waals surface area contributed by atoms with E-state index in [1.807, 2.05) is 20.8 Å². The largest absolute Gasteiger partial charge is 0.497 e. The molecule has 0 aliphatic heterocycles. The van der Waals surface area contributed by atoms with Crippen molar-refractivity contribution in [1.82, 2.24) is 5.32 Å². The van der Waals surface area contributed by atoms with Gasteiger partial charge in [0.2, 0.25) is 5.91 Å². The Morgan fingerprint density at radius 3 is 2.27 bits per heavy atom. The van der Waals surface area contributed by atoms with E-state index in [-0.39, 0.29) is 11.9 Å². The predicted octanol–water partition coefficient (Wildman–Crippen LogP) is 5.59. The number of amides is 3. The summed E-state index contributed by atoms with van der Waals surface area (Å²) in [5.41, 5.74) is 0.783. The molecule has 2 aromatic rings. The number of urea groups is 1. The van der Waals surface area contributed by atoms with Crippen LogP contribution in [0, 0.1) is 5.41 Å². The molecule has 2 rings (SSSR count). The van der Waals surface area contributed by atoms with E-state index in [0.29, 0.717) is 46.7 Å². The minimum Gasteiger partial charge on any atom is -0.497 e. The normalized spacial score (nSPS) is 11.0. The molecule has 2 N–H and O–H groups in total. The number of carbonyl (C=O) groups excluding carboxylic acids is 2. The molecule has 8 heteroatoms. The fourth-order valence-corrected chi connectivity index (χ4v) is 2.88. The molecule has 3 amide bonds. The molecular weight excluding hydrogens is 425 g/mol. The van der Waals surface area contributed by atoms with Crippen LogP contribution in [0.2, 0.25) is 10.0 Å². The molecule has 0 fully saturated rings. The van der Waals surface area contributed by atoms with Crippen LogP contribution in [0.25, 0.3) is 0 Å². The Kier molecular flexibility index (Phi) is 8.38. The average molecular weight is 452 g/mol. The van der Waals surface area contributed by atoms with E-state index < -0.39 is 5.41 Å². The van der Waals surface area contributed by atoms with Gasteiger partial charge in [-0.1, -0.05) is 44.0 Å². The van der Waals surface area contributed by atoms with E-state index in [9.17, 15) is 9.59 Å². The van der Waals surface area contributed by atoms with Gasteiger partial charge >= 0.3 is 6.03 Å². The van der Waals surface area contributed by atoms with Crippen LogP contribution in [-0.2, 0) is 4.79 Å². The van der Waals surface area contributed by atoms with Gasteiger partial charge in [-0.2, -0.15) is 0 Å². The van der Waals surface area contributed by atoms with Crippen LogP contribution in [0.15, 0.2) is 42.5 Å². The molecule has 0 aliphatic rings. The Labute approximate surface area is 187 Å². The molecule has 0 atom stereocenters. The molecule has 6 nitrogen and oxygen atoms in total. The summed E-state index contributed by atoms with van der Waals surface area (Å²) >= 11 is 12.0. The third-order valence-corrected chi connectivity index (χ3v) is 5.06. The molecule has 162 valence electrons. The van der Waals surface area contributed by atoms with E-state index in [0.717, 1.165) is 0 Å². The monoisotopic (exact) mass is 451 g/mol. The number of hydrogen-bond acceptors (Lipinski definition) is 3. The number of ether oxygens (including phenoxy) is 1. The lowest BCUT2D eigenvalue weighted by atomic mass is 9.96. The summed E-state index contributed by atoms with van der Waals surface area (Å²) in [5.74, 6) is 0.666. The highest BCUT2D eigenvalue weighted by Gasteiger charge is 2.21. The van der Waals surface area contributed by atoms with Gasteiger partial charge in [0.05, 0.1) is 17.2 Å². The van der Waals surface area contributed by atoms with Gasteiger partial charge in [-0.15, -0.1) is 0 Å². The molecule has 0 radical (unpaired) electrons. The second kappa shape index (κ2) is 10.5. The van der Waals surface area contributed by atoms with Gasteiger partial charge in [-0.3, -0.25) is 9.69 Å². The van der Waals surface area contributed by atoms with Gasteiger partial charge in [-0.25, -0.2) is 4.79 Å². The summed E-state index contributed by atoms with van der Waals surface area (Å²) in [5, 5.41) is 6.51. The van der Waals surface area contributed by atoms with Crippen molar-refractivity contribution in [1.29, 1.82) is 0 Å². The van der Waals surface area contributed by atoms with Crippen molar-refractivity contribution in [2.75, 3.05) is 30.4 Å². The molecule has 0 bridgehead atoms. The number of hydrogen-bond donors (Lipinski definition) is 2. The molecule has 0 saturated carbocycles. The number of anilines is 2. The summed E-state index contributed by atoms with van der Waals surface area (Å²) in [6, 6.07) is 11.8. The lowest BCUT2D eigenvalue weighted by molar-refractivity contribution is -0.128. The lowest BCUT2D eigenvalue weighted by Crippen LogP contribution is -2.39. The van der Waals surface area contributed by atoms with Crippen molar-refractivity contribution in [3.63, 3.8) is 0 Å². The third-order valence-electron chi connectivity index (χ3n) is 4.33. The molecule has 0 heterocycles. The Balaban J connectivity index is 2.10. The van der Waals surface area contributed by atoms with Crippen molar-refractivity contribution in [3.8, 4) is 5.75 Å². The Morgan fingerprint density at radius 1 is 1.03 bits per heavy atom. The molecule has 0 aromatic heterocycles. The predicted molar refractivity (Wildman–Crippen MR) is 123 cm³/mol. The van der Waals surface area contributed by atoms with Crippen molar-refractivity contribution >= 4 is 46.5 Å². The highest BCUT2D eigenvalue weighted by atomic mass is 35.5. The first-order chi connectivity index (χ1) is 14.1. The number of nitrogens with one attached hydrogen (secondary N) is 2. The number of carbonyl (C=O) groups is 2. The van der Waals surface area contributed by atoms with Crippen LogP contribution in [0.5, 0.6) is 5.75 Å². The minimum atomic E-state index is -0.457. The zero-order valence-electron chi connectivity index (χ0n) is 17.6. The summed E-state index contributed by atoms with van der Waals surface area (Å²) in [7, 11) is 1.58. The van der Waals surface area contributed by atoms with Gasteiger partial charge < -0.3 is 15.4 Å². The molecular formula is C22H27Cl2N3O3. The fourth-order valence-electron chi connectivity index (χ4n) is 2.58.